The molecular formula is C25H20FN3O3. The molecule has 1 aromatic heterocycles. The van der Waals surface area contributed by atoms with E-state index < -0.39 is 12.6 Å². The van der Waals surface area contributed by atoms with Gasteiger partial charge in [-0.3, -0.25) is 4.79 Å². The van der Waals surface area contributed by atoms with Crippen LogP contribution in [-0.4, -0.2) is 33.1 Å². The summed E-state index contributed by atoms with van der Waals surface area (Å²) in [7, 11) is 0. The van der Waals surface area contributed by atoms with Crippen LogP contribution in [0, 0.1) is 19.7 Å². The molecule has 32 heavy (non-hydrogen) atoms. The van der Waals surface area contributed by atoms with E-state index in [4.69, 9.17) is 4.74 Å². The molecular weight excluding hydrogens is 409 g/mol. The van der Waals surface area contributed by atoms with Crippen molar-refractivity contribution in [1.29, 1.82) is 0 Å². The molecule has 0 aliphatic carbocycles. The van der Waals surface area contributed by atoms with E-state index in [-0.39, 0.29) is 17.4 Å². The molecule has 0 aliphatic heterocycles. The second-order valence-electron chi connectivity index (χ2n) is 7.33. The molecule has 0 N–H and O–H groups in total. The van der Waals surface area contributed by atoms with Gasteiger partial charge in [0.05, 0.1) is 5.69 Å². The summed E-state index contributed by atoms with van der Waals surface area (Å²) in [5, 5.41) is 4.36. The van der Waals surface area contributed by atoms with E-state index >= 15 is 0 Å². The van der Waals surface area contributed by atoms with Gasteiger partial charge in [0.25, 0.3) is 5.82 Å². The summed E-state index contributed by atoms with van der Waals surface area (Å²) in [5.41, 5.74) is 3.68. The van der Waals surface area contributed by atoms with Crippen molar-refractivity contribution in [2.24, 2.45) is 0 Å². The van der Waals surface area contributed by atoms with Gasteiger partial charge in [0.1, 0.15) is 5.82 Å². The van der Waals surface area contributed by atoms with Gasteiger partial charge in [-0.2, -0.15) is 0 Å². The van der Waals surface area contributed by atoms with Gasteiger partial charge in [0.2, 0.25) is 0 Å². The van der Waals surface area contributed by atoms with Gasteiger partial charge >= 0.3 is 5.97 Å². The van der Waals surface area contributed by atoms with E-state index in [9.17, 15) is 14.0 Å². The van der Waals surface area contributed by atoms with Crippen LogP contribution < -0.4 is 0 Å². The first-order chi connectivity index (χ1) is 15.4. The molecule has 7 heteroatoms. The highest BCUT2D eigenvalue weighted by Gasteiger charge is 2.22. The highest BCUT2D eigenvalue weighted by atomic mass is 19.1. The van der Waals surface area contributed by atoms with E-state index in [2.05, 4.69) is 10.1 Å². The molecule has 0 aliphatic rings. The van der Waals surface area contributed by atoms with Crippen LogP contribution in [0.4, 0.5) is 4.39 Å². The molecule has 0 fully saturated rings. The number of aromatic nitrogens is 3. The molecule has 0 radical (unpaired) electrons. The maximum atomic E-state index is 13.4. The van der Waals surface area contributed by atoms with Crippen LogP contribution in [0.15, 0.2) is 72.8 Å². The molecule has 0 saturated heterocycles. The Balaban J connectivity index is 1.67. The third-order valence-electron chi connectivity index (χ3n) is 4.92. The number of halogens is 1. The molecule has 0 unspecified atom stereocenters. The summed E-state index contributed by atoms with van der Waals surface area (Å²) in [5.74, 6) is -1.36. The average molecular weight is 429 g/mol. The largest absolute Gasteiger partial charge is 0.451 e. The number of benzene rings is 3. The smallest absolute Gasteiger partial charge is 0.378 e. The Morgan fingerprint density at radius 2 is 1.69 bits per heavy atom. The number of ketones is 1. The van der Waals surface area contributed by atoms with Crippen molar-refractivity contribution in [3.05, 3.63) is 101 Å². The lowest BCUT2D eigenvalue weighted by molar-refractivity contribution is 0.0462. The average Bonchev–Trinajstić information content (AvgIpc) is 3.25. The van der Waals surface area contributed by atoms with Gasteiger partial charge in [0.15, 0.2) is 18.2 Å². The summed E-state index contributed by atoms with van der Waals surface area (Å²) < 4.78 is 20.1. The minimum Gasteiger partial charge on any atom is -0.451 e. The summed E-state index contributed by atoms with van der Waals surface area (Å²) in [6.07, 6.45) is 0. The van der Waals surface area contributed by atoms with Crippen molar-refractivity contribution in [3.63, 3.8) is 0 Å². The molecule has 0 saturated carbocycles. The lowest BCUT2D eigenvalue weighted by atomic mass is 10.1. The number of carbonyl (C=O) groups excluding carboxylic acids is 2. The number of hydrogen-bond donors (Lipinski definition) is 0. The number of carbonyl (C=O) groups is 2. The van der Waals surface area contributed by atoms with Gasteiger partial charge in [-0.05, 0) is 55.3 Å². The van der Waals surface area contributed by atoms with Gasteiger partial charge in [-0.1, -0.05) is 42.5 Å². The Morgan fingerprint density at radius 3 is 2.41 bits per heavy atom. The van der Waals surface area contributed by atoms with E-state index in [0.717, 1.165) is 16.8 Å². The minimum absolute atomic E-state index is 0.189. The lowest BCUT2D eigenvalue weighted by Crippen LogP contribution is -2.15. The van der Waals surface area contributed by atoms with Crippen LogP contribution in [0.3, 0.4) is 0 Å². The van der Waals surface area contributed by atoms with Gasteiger partial charge in [-0.15, -0.1) is 5.10 Å². The third kappa shape index (κ3) is 4.46. The van der Waals surface area contributed by atoms with Gasteiger partial charge in [0, 0.05) is 11.1 Å². The number of ether oxygens (including phenoxy) is 1. The zero-order chi connectivity index (χ0) is 22.7. The van der Waals surface area contributed by atoms with Crippen LogP contribution in [0.2, 0.25) is 0 Å². The number of rotatable bonds is 6. The Labute approximate surface area is 184 Å². The topological polar surface area (TPSA) is 74.1 Å². The van der Waals surface area contributed by atoms with Crippen LogP contribution in [-0.2, 0) is 4.74 Å². The molecule has 0 bridgehead atoms. The first kappa shape index (κ1) is 21.1. The Morgan fingerprint density at radius 1 is 0.969 bits per heavy atom. The van der Waals surface area contributed by atoms with Crippen LogP contribution in [0.5, 0.6) is 0 Å². The highest BCUT2D eigenvalue weighted by Crippen LogP contribution is 2.24. The molecule has 6 nitrogen and oxygen atoms in total. The van der Waals surface area contributed by atoms with Crippen molar-refractivity contribution in [2.45, 2.75) is 13.8 Å². The normalized spacial score (nSPS) is 10.7. The fourth-order valence-electron chi connectivity index (χ4n) is 3.20. The highest BCUT2D eigenvalue weighted by molar-refractivity contribution is 5.98. The summed E-state index contributed by atoms with van der Waals surface area (Å²) >= 11 is 0. The zero-order valence-corrected chi connectivity index (χ0v) is 17.6. The number of hydrogen-bond acceptors (Lipinski definition) is 5. The Kier molecular flexibility index (Phi) is 5.89. The van der Waals surface area contributed by atoms with Crippen molar-refractivity contribution >= 4 is 11.8 Å². The van der Waals surface area contributed by atoms with Crippen LogP contribution in [0.1, 0.15) is 32.1 Å². The second kappa shape index (κ2) is 8.93. The van der Waals surface area contributed by atoms with Gasteiger partial charge in [-0.25, -0.2) is 18.9 Å². The molecule has 0 spiro atoms. The van der Waals surface area contributed by atoms with E-state index in [1.807, 2.05) is 32.0 Å². The number of Topliss-reactive ketones (excluding diaryl/α,β-unsaturated/α-hetero) is 1. The predicted molar refractivity (Wildman–Crippen MR) is 117 cm³/mol. The van der Waals surface area contributed by atoms with E-state index in [0.29, 0.717) is 17.0 Å². The van der Waals surface area contributed by atoms with Crippen molar-refractivity contribution in [2.75, 3.05) is 6.61 Å². The zero-order valence-electron chi connectivity index (χ0n) is 17.6. The molecule has 4 aromatic rings. The molecule has 4 rings (SSSR count). The molecule has 0 amide bonds. The number of esters is 1. The molecule has 160 valence electrons. The van der Waals surface area contributed by atoms with Crippen LogP contribution in [0.25, 0.3) is 17.1 Å². The standard InChI is InChI=1S/C25H20FN3O3/c1-16-8-9-17(2)21(14-16)29-24(19-10-12-20(26)13-11-19)27-23(28-29)25(31)32-15-22(30)18-6-4-3-5-7-18/h3-14H,15H2,1-2H3. The quantitative estimate of drug-likeness (QED) is 0.327. The van der Waals surface area contributed by atoms with E-state index in [1.165, 1.54) is 16.8 Å². The first-order valence-electron chi connectivity index (χ1n) is 9.98. The van der Waals surface area contributed by atoms with Crippen molar-refractivity contribution < 1.29 is 18.7 Å². The lowest BCUT2D eigenvalue weighted by Gasteiger charge is -2.10. The fourth-order valence-corrected chi connectivity index (χ4v) is 3.20. The molecule has 3 aromatic carbocycles. The second-order valence-corrected chi connectivity index (χ2v) is 7.33. The monoisotopic (exact) mass is 429 g/mol. The molecule has 1 heterocycles. The number of aryl methyl sites for hydroxylation is 2. The van der Waals surface area contributed by atoms with E-state index in [1.54, 1.807) is 42.5 Å². The predicted octanol–water partition coefficient (Wildman–Crippen LogP) is 4.73. The minimum atomic E-state index is -0.818. The molecule has 0 atom stereocenters. The maximum Gasteiger partial charge on any atom is 0.378 e. The summed E-state index contributed by atoms with van der Waals surface area (Å²) in [4.78, 5) is 29.2. The summed E-state index contributed by atoms with van der Waals surface area (Å²) in [6, 6.07) is 20.1. The Hall–Kier alpha value is -4.13. The van der Waals surface area contributed by atoms with Crippen molar-refractivity contribution in [1.82, 2.24) is 14.8 Å². The van der Waals surface area contributed by atoms with Crippen molar-refractivity contribution in [3.8, 4) is 17.1 Å². The van der Waals surface area contributed by atoms with Gasteiger partial charge < -0.3 is 4.74 Å². The first-order valence-corrected chi connectivity index (χ1v) is 9.98. The van der Waals surface area contributed by atoms with Crippen LogP contribution >= 0.6 is 0 Å². The summed E-state index contributed by atoms with van der Waals surface area (Å²) in [6.45, 7) is 3.44. The maximum absolute atomic E-state index is 13.4. The Bertz CT molecular complexity index is 1280. The third-order valence-corrected chi connectivity index (χ3v) is 4.92. The SMILES string of the molecule is Cc1ccc(C)c(-n2nc(C(=O)OCC(=O)c3ccccc3)nc2-c2ccc(F)cc2)c1. The number of nitrogens with zero attached hydrogens (tertiary/aromatic N) is 3. The fraction of sp³-hybridized carbons (Fsp3) is 0.120.